The number of amides is 1. The van der Waals surface area contributed by atoms with Crippen molar-refractivity contribution >= 4 is 16.0 Å². The predicted octanol–water partition coefficient (Wildman–Crippen LogP) is 8.40. The third-order valence-electron chi connectivity index (χ3n) is 6.80. The van der Waals surface area contributed by atoms with Crippen molar-refractivity contribution in [2.75, 3.05) is 5.75 Å². The van der Waals surface area contributed by atoms with Crippen LogP contribution in [0.15, 0.2) is 48.6 Å². The van der Waals surface area contributed by atoms with E-state index in [1.807, 2.05) is 0 Å². The molecule has 0 radical (unpaired) electrons. The molecule has 0 aliphatic heterocycles. The van der Waals surface area contributed by atoms with Crippen molar-refractivity contribution in [2.45, 2.75) is 148 Å². The highest BCUT2D eigenvalue weighted by atomic mass is 32.2. The minimum Gasteiger partial charge on any atom is -0.391 e. The fraction of sp³-hybridized carbons (Fsp3) is 0.727. The molecule has 0 aromatic rings. The largest absolute Gasteiger partial charge is 0.391 e. The minimum absolute atomic E-state index is 0.275. The van der Waals surface area contributed by atoms with E-state index >= 15 is 0 Å². The van der Waals surface area contributed by atoms with Crippen LogP contribution in [0.4, 0.5) is 0 Å². The van der Waals surface area contributed by atoms with Crippen LogP contribution in [0, 0.1) is 0 Å². The Bertz CT molecular complexity index is 817. The quantitative estimate of drug-likeness (QED) is 0.0513. The second-order valence-corrected chi connectivity index (χ2v) is 12.2. The molecule has 1 amide bonds. The number of allylic oxidation sites excluding steroid dienone is 8. The van der Waals surface area contributed by atoms with Gasteiger partial charge in [0, 0.05) is 6.42 Å². The van der Waals surface area contributed by atoms with E-state index in [2.05, 4.69) is 67.8 Å². The molecule has 0 spiro atoms. The zero-order valence-electron chi connectivity index (χ0n) is 25.4. The Morgan fingerprint density at radius 3 is 1.77 bits per heavy atom. The van der Waals surface area contributed by atoms with E-state index in [0.29, 0.717) is 12.8 Å². The lowest BCUT2D eigenvalue weighted by Gasteiger charge is -2.23. The minimum atomic E-state index is -4.31. The highest BCUT2D eigenvalue weighted by Crippen LogP contribution is 2.13. The first kappa shape index (κ1) is 38.3. The summed E-state index contributed by atoms with van der Waals surface area (Å²) in [7, 11) is -4.31. The van der Waals surface area contributed by atoms with Gasteiger partial charge in [0.15, 0.2) is 0 Å². The van der Waals surface area contributed by atoms with E-state index < -0.39 is 28.0 Å². The van der Waals surface area contributed by atoms with Crippen LogP contribution < -0.4 is 5.32 Å². The summed E-state index contributed by atoms with van der Waals surface area (Å²) in [5, 5.41) is 13.2. The van der Waals surface area contributed by atoms with Gasteiger partial charge in [0.25, 0.3) is 10.1 Å². The normalized spacial score (nSPS) is 14.2. The van der Waals surface area contributed by atoms with Crippen molar-refractivity contribution in [1.29, 1.82) is 0 Å². The Kier molecular flexibility index (Phi) is 26.3. The molecule has 6 nitrogen and oxygen atoms in total. The highest BCUT2D eigenvalue weighted by Gasteiger charge is 2.26. The fourth-order valence-electron chi connectivity index (χ4n) is 4.44. The monoisotopic (exact) mass is 581 g/mol. The maximum Gasteiger partial charge on any atom is 0.266 e. The first-order valence-electron chi connectivity index (χ1n) is 15.8. The van der Waals surface area contributed by atoms with Crippen LogP contribution >= 0.6 is 0 Å². The molecule has 0 saturated carbocycles. The second-order valence-electron chi connectivity index (χ2n) is 10.7. The van der Waals surface area contributed by atoms with E-state index in [1.165, 1.54) is 32.1 Å². The molecule has 3 N–H and O–H groups in total. The van der Waals surface area contributed by atoms with Gasteiger partial charge in [-0.05, 0) is 51.4 Å². The number of carbonyl (C=O) groups excluding carboxylic acids is 1. The van der Waals surface area contributed by atoms with Gasteiger partial charge in [-0.3, -0.25) is 9.35 Å². The number of aliphatic hydroxyl groups excluding tert-OH is 1. The average molecular weight is 582 g/mol. The number of carbonyl (C=O) groups is 1. The number of hydrogen-bond donors (Lipinski definition) is 3. The molecule has 0 heterocycles. The van der Waals surface area contributed by atoms with E-state index in [0.717, 1.165) is 70.6 Å². The van der Waals surface area contributed by atoms with Crippen LogP contribution in [0.1, 0.15) is 136 Å². The summed E-state index contributed by atoms with van der Waals surface area (Å²) in [5.41, 5.74) is 0. The van der Waals surface area contributed by atoms with E-state index in [4.69, 9.17) is 0 Å². The summed E-state index contributed by atoms with van der Waals surface area (Å²) in [6, 6.07) is -0.981. The Hall–Kier alpha value is -1.70. The summed E-state index contributed by atoms with van der Waals surface area (Å²) in [5.74, 6) is -0.936. The summed E-state index contributed by atoms with van der Waals surface area (Å²) in [6.07, 6.45) is 34.9. The topological polar surface area (TPSA) is 104 Å². The predicted molar refractivity (Wildman–Crippen MR) is 170 cm³/mol. The Morgan fingerprint density at radius 1 is 0.700 bits per heavy atom. The molecule has 0 aromatic carbocycles. The molecule has 0 aliphatic rings. The molecule has 232 valence electrons. The van der Waals surface area contributed by atoms with Crippen molar-refractivity contribution in [1.82, 2.24) is 5.32 Å². The molecule has 0 saturated heterocycles. The van der Waals surface area contributed by atoms with Gasteiger partial charge in [-0.1, -0.05) is 127 Å². The average Bonchev–Trinajstić information content (AvgIpc) is 2.90. The molecule has 2 unspecified atom stereocenters. The second kappa shape index (κ2) is 27.5. The third kappa shape index (κ3) is 27.9. The van der Waals surface area contributed by atoms with Crippen molar-refractivity contribution < 1.29 is 22.9 Å². The lowest BCUT2D eigenvalue weighted by Crippen LogP contribution is -2.47. The van der Waals surface area contributed by atoms with E-state index in [9.17, 15) is 22.9 Å². The summed E-state index contributed by atoms with van der Waals surface area (Å²) in [6.45, 7) is 4.33. The van der Waals surface area contributed by atoms with Crippen LogP contribution in [-0.2, 0) is 14.9 Å². The fourth-order valence-corrected chi connectivity index (χ4v) is 5.20. The van der Waals surface area contributed by atoms with Crippen LogP contribution in [0.3, 0.4) is 0 Å². The number of aliphatic hydroxyl groups is 1. The zero-order chi connectivity index (χ0) is 29.7. The molecular weight excluding hydrogens is 522 g/mol. The first-order chi connectivity index (χ1) is 19.3. The van der Waals surface area contributed by atoms with Gasteiger partial charge in [0.2, 0.25) is 5.91 Å². The summed E-state index contributed by atoms with van der Waals surface area (Å²) in [4.78, 5) is 12.4. The van der Waals surface area contributed by atoms with Crippen molar-refractivity contribution in [3.05, 3.63) is 48.6 Å². The molecule has 0 bridgehead atoms. The molecule has 40 heavy (non-hydrogen) atoms. The summed E-state index contributed by atoms with van der Waals surface area (Å²) >= 11 is 0. The zero-order valence-corrected chi connectivity index (χ0v) is 26.3. The maximum atomic E-state index is 12.4. The molecule has 2 atom stereocenters. The lowest BCUT2D eigenvalue weighted by molar-refractivity contribution is -0.122. The smallest absolute Gasteiger partial charge is 0.266 e. The van der Waals surface area contributed by atoms with Gasteiger partial charge < -0.3 is 10.4 Å². The van der Waals surface area contributed by atoms with Crippen LogP contribution in [-0.4, -0.2) is 41.9 Å². The van der Waals surface area contributed by atoms with Gasteiger partial charge in [-0.2, -0.15) is 8.42 Å². The van der Waals surface area contributed by atoms with Crippen molar-refractivity contribution in [3.8, 4) is 0 Å². The lowest BCUT2D eigenvalue weighted by atomic mass is 10.0. The first-order valence-corrected chi connectivity index (χ1v) is 17.4. The van der Waals surface area contributed by atoms with Gasteiger partial charge in [-0.25, -0.2) is 0 Å². The van der Waals surface area contributed by atoms with Crippen molar-refractivity contribution in [2.24, 2.45) is 0 Å². The van der Waals surface area contributed by atoms with Crippen LogP contribution in [0.5, 0.6) is 0 Å². The number of rotatable bonds is 27. The maximum absolute atomic E-state index is 12.4. The van der Waals surface area contributed by atoms with Gasteiger partial charge in [0.05, 0.1) is 17.9 Å². The van der Waals surface area contributed by atoms with Crippen LogP contribution in [0.25, 0.3) is 0 Å². The molecule has 0 rings (SSSR count). The molecule has 0 aromatic heterocycles. The Balaban J connectivity index is 4.03. The molecule has 0 fully saturated rings. The molecule has 0 aliphatic carbocycles. The van der Waals surface area contributed by atoms with E-state index in [1.54, 1.807) is 0 Å². The van der Waals surface area contributed by atoms with Gasteiger partial charge in [-0.15, -0.1) is 0 Å². The highest BCUT2D eigenvalue weighted by molar-refractivity contribution is 7.85. The molecular formula is C33H59NO5S. The number of nitrogens with one attached hydrogen (secondary N) is 1. The Morgan fingerprint density at radius 2 is 1.20 bits per heavy atom. The van der Waals surface area contributed by atoms with E-state index in [-0.39, 0.29) is 12.3 Å². The number of unbranched alkanes of at least 4 members (excludes halogenated alkanes) is 11. The van der Waals surface area contributed by atoms with Gasteiger partial charge >= 0.3 is 0 Å². The van der Waals surface area contributed by atoms with Crippen molar-refractivity contribution in [3.63, 3.8) is 0 Å². The SMILES string of the molecule is CC/C=C\C/C=C\C/C=C\C/C=C\CCCCCCC(=O)NC(CS(=O)(=O)O)C(O)CCCCCCCCCC. The molecule has 7 heteroatoms. The summed E-state index contributed by atoms with van der Waals surface area (Å²) < 4.78 is 32.2. The Labute approximate surface area is 246 Å². The number of hydrogen-bond acceptors (Lipinski definition) is 4. The third-order valence-corrected chi connectivity index (χ3v) is 7.58. The standard InChI is InChI=1S/C33H59NO5S/c1-3-5-7-9-11-13-14-15-16-17-18-19-20-21-23-25-27-29-33(36)34-31(30-40(37,38)39)32(35)28-26-24-22-12-10-8-6-4-2/h5,7,11,13,15-16,18-19,31-32,35H,3-4,6,8-10,12,14,17,20-30H2,1-2H3,(H,34,36)(H,37,38,39)/b7-5-,13-11-,16-15-,19-18-. The van der Waals surface area contributed by atoms with Crippen LogP contribution in [0.2, 0.25) is 0 Å². The van der Waals surface area contributed by atoms with Gasteiger partial charge in [0.1, 0.15) is 0 Å².